The molecule has 0 amide bonds. The fourth-order valence-corrected chi connectivity index (χ4v) is 4.24. The minimum Gasteiger partial charge on any atom is -0.378 e. The van der Waals surface area contributed by atoms with Crippen molar-refractivity contribution in [2.45, 2.75) is 31.8 Å². The normalized spacial score (nSPS) is 19.8. The Hall–Kier alpha value is -2.91. The zero-order chi connectivity index (χ0) is 21.0. The molecule has 1 atom stereocenters. The number of benzene rings is 1. The molecule has 0 spiro atoms. The lowest BCUT2D eigenvalue weighted by Crippen LogP contribution is -2.37. The Morgan fingerprint density at radius 1 is 1.06 bits per heavy atom. The number of aromatic amines is 1. The lowest BCUT2D eigenvalue weighted by Gasteiger charge is -2.27. The molecule has 0 aliphatic carbocycles. The van der Waals surface area contributed by atoms with Crippen molar-refractivity contribution in [2.75, 3.05) is 37.7 Å². The highest BCUT2D eigenvalue weighted by Crippen LogP contribution is 2.31. The number of ether oxygens (including phenoxy) is 1. The van der Waals surface area contributed by atoms with E-state index >= 15 is 0 Å². The molecule has 2 saturated heterocycles. The van der Waals surface area contributed by atoms with Crippen LogP contribution >= 0.6 is 0 Å². The zero-order valence-electron chi connectivity index (χ0n) is 17.4. The van der Waals surface area contributed by atoms with Crippen LogP contribution in [-0.2, 0) is 17.7 Å². The van der Waals surface area contributed by atoms with E-state index in [0.29, 0.717) is 19.6 Å². The highest BCUT2D eigenvalue weighted by Gasteiger charge is 2.29. The lowest BCUT2D eigenvalue weighted by atomic mass is 10.1. The SMILES string of the molecule is Fc1ccc(Cc2nc([C@H]3CCCN3Cc3ccnc(N4CCOCC4)n3)n[nH]2)cc1. The van der Waals surface area contributed by atoms with Crippen LogP contribution in [0.15, 0.2) is 36.5 Å². The van der Waals surface area contributed by atoms with Gasteiger partial charge in [-0.05, 0) is 43.1 Å². The summed E-state index contributed by atoms with van der Waals surface area (Å²) in [5.41, 5.74) is 2.01. The number of aromatic nitrogens is 5. The quantitative estimate of drug-likeness (QED) is 0.652. The van der Waals surface area contributed by atoms with Gasteiger partial charge in [0, 0.05) is 32.3 Å². The van der Waals surface area contributed by atoms with Gasteiger partial charge in [-0.2, -0.15) is 5.10 Å². The number of halogens is 1. The largest absolute Gasteiger partial charge is 0.378 e. The molecule has 3 aromatic rings. The lowest BCUT2D eigenvalue weighted by molar-refractivity contribution is 0.122. The summed E-state index contributed by atoms with van der Waals surface area (Å²) in [6, 6.07) is 8.65. The number of likely N-dealkylation sites (tertiary alicyclic amines) is 1. The summed E-state index contributed by atoms with van der Waals surface area (Å²) >= 11 is 0. The van der Waals surface area contributed by atoms with Gasteiger partial charge in [0.2, 0.25) is 5.95 Å². The molecule has 9 heteroatoms. The molecule has 0 saturated carbocycles. The average Bonchev–Trinajstić information content (AvgIpc) is 3.45. The van der Waals surface area contributed by atoms with Crippen LogP contribution in [0.1, 0.15) is 41.8 Å². The summed E-state index contributed by atoms with van der Waals surface area (Å²) in [7, 11) is 0. The van der Waals surface area contributed by atoms with Crippen molar-refractivity contribution in [1.29, 1.82) is 0 Å². The molecule has 31 heavy (non-hydrogen) atoms. The first-order valence-corrected chi connectivity index (χ1v) is 10.8. The fourth-order valence-electron chi connectivity index (χ4n) is 4.24. The molecule has 1 N–H and O–H groups in total. The van der Waals surface area contributed by atoms with Gasteiger partial charge in [0.1, 0.15) is 11.6 Å². The predicted octanol–water partition coefficient (Wildman–Crippen LogP) is 2.50. The summed E-state index contributed by atoms with van der Waals surface area (Å²) < 4.78 is 18.6. The summed E-state index contributed by atoms with van der Waals surface area (Å²) in [4.78, 5) is 18.5. The highest BCUT2D eigenvalue weighted by molar-refractivity contribution is 5.30. The van der Waals surface area contributed by atoms with Gasteiger partial charge >= 0.3 is 0 Å². The van der Waals surface area contributed by atoms with Crippen LogP contribution in [0, 0.1) is 5.82 Å². The van der Waals surface area contributed by atoms with Crippen LogP contribution in [0.5, 0.6) is 0 Å². The Morgan fingerprint density at radius 2 is 1.90 bits per heavy atom. The predicted molar refractivity (Wildman–Crippen MR) is 113 cm³/mol. The number of nitrogens with one attached hydrogen (secondary N) is 1. The molecular formula is C22H26FN7O. The van der Waals surface area contributed by atoms with E-state index in [1.165, 1.54) is 12.1 Å². The fraction of sp³-hybridized carbons (Fsp3) is 0.455. The van der Waals surface area contributed by atoms with Crippen LogP contribution < -0.4 is 4.90 Å². The van der Waals surface area contributed by atoms with Crippen LogP contribution in [0.2, 0.25) is 0 Å². The van der Waals surface area contributed by atoms with E-state index in [1.807, 2.05) is 12.3 Å². The van der Waals surface area contributed by atoms with E-state index < -0.39 is 0 Å². The molecule has 2 aliphatic rings. The Balaban J connectivity index is 1.26. The molecule has 5 rings (SSSR count). The van der Waals surface area contributed by atoms with E-state index in [2.05, 4.69) is 25.0 Å². The smallest absolute Gasteiger partial charge is 0.225 e. The molecule has 0 bridgehead atoms. The summed E-state index contributed by atoms with van der Waals surface area (Å²) in [5, 5.41) is 7.54. The first-order valence-electron chi connectivity index (χ1n) is 10.8. The van der Waals surface area contributed by atoms with E-state index in [4.69, 9.17) is 14.7 Å². The minimum absolute atomic E-state index is 0.167. The third-order valence-electron chi connectivity index (χ3n) is 5.86. The maximum Gasteiger partial charge on any atom is 0.225 e. The third-order valence-corrected chi connectivity index (χ3v) is 5.86. The van der Waals surface area contributed by atoms with Crippen molar-refractivity contribution in [2.24, 2.45) is 0 Å². The van der Waals surface area contributed by atoms with E-state index in [-0.39, 0.29) is 11.9 Å². The number of anilines is 1. The van der Waals surface area contributed by atoms with Gasteiger partial charge in [-0.15, -0.1) is 0 Å². The van der Waals surface area contributed by atoms with Crippen molar-refractivity contribution in [3.05, 3.63) is 65.3 Å². The second-order valence-electron chi connectivity index (χ2n) is 8.02. The third kappa shape index (κ3) is 4.72. The van der Waals surface area contributed by atoms with Gasteiger partial charge < -0.3 is 9.64 Å². The molecule has 2 aliphatic heterocycles. The van der Waals surface area contributed by atoms with Crippen molar-refractivity contribution in [1.82, 2.24) is 30.0 Å². The molecule has 8 nitrogen and oxygen atoms in total. The van der Waals surface area contributed by atoms with Gasteiger partial charge in [0.25, 0.3) is 0 Å². The number of hydrogen-bond donors (Lipinski definition) is 1. The number of hydrogen-bond acceptors (Lipinski definition) is 7. The molecule has 1 aromatic carbocycles. The average molecular weight is 423 g/mol. The van der Waals surface area contributed by atoms with Crippen LogP contribution in [0.25, 0.3) is 0 Å². The van der Waals surface area contributed by atoms with Crippen molar-refractivity contribution >= 4 is 5.95 Å². The second kappa shape index (κ2) is 9.07. The number of morpholine rings is 1. The molecule has 0 radical (unpaired) electrons. The Kier molecular flexibility index (Phi) is 5.86. The number of nitrogens with zero attached hydrogens (tertiary/aromatic N) is 6. The Bertz CT molecular complexity index is 1000. The van der Waals surface area contributed by atoms with Gasteiger partial charge in [0.15, 0.2) is 5.82 Å². The first-order chi connectivity index (χ1) is 15.2. The maximum absolute atomic E-state index is 13.1. The van der Waals surface area contributed by atoms with Gasteiger partial charge in [-0.25, -0.2) is 19.3 Å². The molecular weight excluding hydrogens is 397 g/mol. The molecule has 0 unspecified atom stereocenters. The van der Waals surface area contributed by atoms with Crippen molar-refractivity contribution in [3.8, 4) is 0 Å². The van der Waals surface area contributed by atoms with Gasteiger partial charge in [0.05, 0.1) is 24.9 Å². The van der Waals surface area contributed by atoms with Gasteiger partial charge in [-0.3, -0.25) is 10.00 Å². The summed E-state index contributed by atoms with van der Waals surface area (Å²) in [5.74, 6) is 2.16. The molecule has 2 fully saturated rings. The number of H-pyrrole nitrogens is 1. The Morgan fingerprint density at radius 3 is 2.74 bits per heavy atom. The standard InChI is InChI=1S/C22H26FN7O/c23-17-5-3-16(4-6-17)14-20-26-21(28-27-20)19-2-1-9-30(19)15-18-7-8-24-22(25-18)29-10-12-31-13-11-29/h3-8,19H,1-2,9-15H2,(H,26,27,28)/t19-/m1/s1. The molecule has 2 aromatic heterocycles. The topological polar surface area (TPSA) is 83.1 Å². The van der Waals surface area contributed by atoms with Crippen molar-refractivity contribution < 1.29 is 9.13 Å². The van der Waals surface area contributed by atoms with Crippen molar-refractivity contribution in [3.63, 3.8) is 0 Å². The monoisotopic (exact) mass is 423 g/mol. The van der Waals surface area contributed by atoms with Crippen LogP contribution in [0.4, 0.5) is 10.3 Å². The molecule has 162 valence electrons. The van der Waals surface area contributed by atoms with Gasteiger partial charge in [-0.1, -0.05) is 12.1 Å². The van der Waals surface area contributed by atoms with E-state index in [9.17, 15) is 4.39 Å². The first kappa shape index (κ1) is 20.0. The maximum atomic E-state index is 13.1. The van der Waals surface area contributed by atoms with E-state index in [0.717, 1.165) is 67.9 Å². The van der Waals surface area contributed by atoms with Crippen LogP contribution in [0.3, 0.4) is 0 Å². The van der Waals surface area contributed by atoms with Crippen LogP contribution in [-0.4, -0.2) is 62.9 Å². The Labute approximate surface area is 180 Å². The zero-order valence-corrected chi connectivity index (χ0v) is 17.4. The minimum atomic E-state index is -0.231. The summed E-state index contributed by atoms with van der Waals surface area (Å²) in [6.45, 7) is 4.81. The molecule has 4 heterocycles. The number of rotatable bonds is 6. The second-order valence-corrected chi connectivity index (χ2v) is 8.02. The highest BCUT2D eigenvalue weighted by atomic mass is 19.1. The van der Waals surface area contributed by atoms with E-state index in [1.54, 1.807) is 12.1 Å². The summed E-state index contributed by atoms with van der Waals surface area (Å²) in [6.07, 6.45) is 4.57.